The Morgan fingerprint density at radius 1 is 0.831 bits per heavy atom. The molecule has 4 aromatic carbocycles. The molecule has 5 amide bonds. The number of hydrogen-bond acceptors (Lipinski definition) is 18. The zero-order valence-corrected chi connectivity index (χ0v) is 50.8. The number of anilines is 3. The molecule has 11 rings (SSSR count). The summed E-state index contributed by atoms with van der Waals surface area (Å²) in [7, 11) is -3.20. The fourth-order valence-corrected chi connectivity index (χ4v) is 13.0. The fourth-order valence-electron chi connectivity index (χ4n) is 11.9. The van der Waals surface area contributed by atoms with E-state index in [9.17, 15) is 47.3 Å². The second-order valence-corrected chi connectivity index (χ2v) is 25.2. The Balaban J connectivity index is 0.680. The van der Waals surface area contributed by atoms with Gasteiger partial charge in [-0.25, -0.2) is 27.5 Å². The highest BCUT2D eigenvalue weighted by Crippen LogP contribution is 2.44. The maximum atomic E-state index is 14.5. The molecule has 89 heavy (non-hydrogen) atoms. The van der Waals surface area contributed by atoms with Crippen molar-refractivity contribution in [3.05, 3.63) is 151 Å². The van der Waals surface area contributed by atoms with Gasteiger partial charge in [0.1, 0.15) is 17.4 Å². The number of pyridine rings is 1. The van der Waals surface area contributed by atoms with Crippen molar-refractivity contribution in [3.8, 4) is 5.69 Å². The SMILES string of the molecule is Cn1c(=O)c2nc3[nH]ccc3cc2n1-c1cc(N2CCN(CC3=C(c4ccc(Cl)cc4)CC(C)(C)CC3)CC2)ccc1C(=O)NS(=O)(=O)c1ccc(NCCOCCOCCOCCNc2cccc3c2C(=O)N(C2CCC(=O)NC2=O)C3=O)c([N+](=O)[O-])c1. The largest absolute Gasteiger partial charge is 0.382 e. The summed E-state index contributed by atoms with van der Waals surface area (Å²) in [6.45, 7) is 9.84. The van der Waals surface area contributed by atoms with Crippen LogP contribution in [-0.4, -0.2) is 164 Å². The molecule has 3 aromatic heterocycles. The summed E-state index contributed by atoms with van der Waals surface area (Å²) in [6, 6.07) is 23.7. The number of nitro groups is 1. The predicted octanol–water partition coefficient (Wildman–Crippen LogP) is 6.65. The average molecular weight is 1260 g/mol. The first-order chi connectivity index (χ1) is 42.7. The number of carbonyl (C=O) groups is 5. The van der Waals surface area contributed by atoms with Gasteiger partial charge in [-0.15, -0.1) is 0 Å². The number of nitrogens with zero attached hydrogens (tertiary/aromatic N) is 7. The number of allylic oxidation sites excluding steroid dienone is 1. The molecule has 0 radical (unpaired) electrons. The van der Waals surface area contributed by atoms with E-state index in [1.54, 1.807) is 54.3 Å². The standard InChI is InChI=1S/C62H67ClN12O13S/c1-62(2)19-17-40(46(36-62)38-7-9-41(63)10-8-38)37-71-23-25-72(26-24-71)42-11-13-44(50(34-42)74-52-33-39-18-20-66-56(39)68-55(52)61(81)70(74)3)57(77)69-89(84,85)43-12-14-47(51(35-43)75(82)83)64-21-27-86-29-31-88-32-30-87-28-22-65-48-6-4-5-45-54(48)60(80)73(59(45)79)49-15-16-53(76)67-58(49)78/h4-14,18,20,33-35,49,64-65H,15-17,19,21-32,36-37H2,1-3H3,(H,66,68)(H,69,77)(H,67,76,78). The second-order valence-electron chi connectivity index (χ2n) is 23.0. The molecule has 0 saturated carbocycles. The highest BCUT2D eigenvalue weighted by atomic mass is 35.5. The minimum Gasteiger partial charge on any atom is -0.382 e. The van der Waals surface area contributed by atoms with Gasteiger partial charge in [0.05, 0.1) is 77.4 Å². The Bertz CT molecular complexity index is 4150. The average Bonchev–Trinajstić information content (AvgIpc) is 1.64. The molecule has 4 aliphatic rings. The van der Waals surface area contributed by atoms with Gasteiger partial charge in [0.15, 0.2) is 5.52 Å². The Kier molecular flexibility index (Phi) is 18.1. The molecular weight excluding hydrogens is 1190 g/mol. The Morgan fingerprint density at radius 2 is 1.54 bits per heavy atom. The van der Waals surface area contributed by atoms with Gasteiger partial charge in [-0.2, -0.15) is 0 Å². The summed E-state index contributed by atoms with van der Waals surface area (Å²) < 4.78 is 50.0. The lowest BCUT2D eigenvalue weighted by atomic mass is 9.72. The van der Waals surface area contributed by atoms with Crippen molar-refractivity contribution in [2.75, 3.05) is 101 Å². The highest BCUT2D eigenvalue weighted by Gasteiger charge is 2.46. The monoisotopic (exact) mass is 1250 g/mol. The van der Waals surface area contributed by atoms with Crippen LogP contribution in [0.15, 0.2) is 112 Å². The molecule has 5 N–H and O–H groups in total. The van der Waals surface area contributed by atoms with E-state index in [4.69, 9.17) is 25.8 Å². The molecule has 1 unspecified atom stereocenters. The molecule has 2 fully saturated rings. The number of fused-ring (bicyclic) bond motifs is 3. The van der Waals surface area contributed by atoms with Gasteiger partial charge in [-0.05, 0) is 109 Å². The van der Waals surface area contributed by atoms with E-state index in [1.807, 2.05) is 12.1 Å². The van der Waals surface area contributed by atoms with E-state index < -0.39 is 66.7 Å². The van der Waals surface area contributed by atoms with Crippen LogP contribution in [0.3, 0.4) is 0 Å². The lowest BCUT2D eigenvalue weighted by Crippen LogP contribution is -2.54. The number of amides is 5. The van der Waals surface area contributed by atoms with Crippen molar-refractivity contribution in [2.24, 2.45) is 12.5 Å². The summed E-state index contributed by atoms with van der Waals surface area (Å²) in [5, 5.41) is 22.0. The van der Waals surface area contributed by atoms with Gasteiger partial charge >= 0.3 is 0 Å². The fraction of sp³-hybridized carbons (Fsp3) is 0.371. The lowest BCUT2D eigenvalue weighted by Gasteiger charge is -2.39. The van der Waals surface area contributed by atoms with E-state index in [-0.39, 0.29) is 105 Å². The number of halogens is 1. The van der Waals surface area contributed by atoms with Gasteiger partial charge in [0.25, 0.3) is 39.0 Å². The number of imide groups is 2. The van der Waals surface area contributed by atoms with E-state index in [2.05, 4.69) is 66.4 Å². The number of ether oxygens (including phenoxy) is 3. The summed E-state index contributed by atoms with van der Waals surface area (Å²) in [6.07, 6.45) is 4.83. The maximum Gasteiger partial charge on any atom is 0.293 e. The van der Waals surface area contributed by atoms with Crippen LogP contribution in [-0.2, 0) is 40.9 Å². The molecule has 7 aromatic rings. The Labute approximate surface area is 516 Å². The molecule has 3 aliphatic heterocycles. The van der Waals surface area contributed by atoms with E-state index in [1.165, 1.54) is 39.6 Å². The number of aromatic nitrogens is 4. The van der Waals surface area contributed by atoms with Crippen LogP contribution in [0.5, 0.6) is 0 Å². The van der Waals surface area contributed by atoms with Crippen molar-refractivity contribution in [2.45, 2.75) is 56.9 Å². The van der Waals surface area contributed by atoms with Gasteiger partial charge in [0.2, 0.25) is 11.8 Å². The van der Waals surface area contributed by atoms with Crippen LogP contribution in [0.25, 0.3) is 33.3 Å². The second kappa shape index (κ2) is 26.1. The molecule has 1 aliphatic carbocycles. The third-order valence-corrected chi connectivity index (χ3v) is 18.1. The van der Waals surface area contributed by atoms with Crippen LogP contribution >= 0.6 is 11.6 Å². The summed E-state index contributed by atoms with van der Waals surface area (Å²) in [5.41, 5.74) is 5.74. The van der Waals surface area contributed by atoms with Crippen molar-refractivity contribution in [1.82, 2.24) is 39.2 Å². The molecule has 0 bridgehead atoms. The van der Waals surface area contributed by atoms with E-state index in [0.29, 0.717) is 40.3 Å². The number of nitrogens with one attached hydrogen (secondary N) is 5. The van der Waals surface area contributed by atoms with E-state index >= 15 is 0 Å². The van der Waals surface area contributed by atoms with Crippen molar-refractivity contribution in [1.29, 1.82) is 0 Å². The molecule has 0 spiro atoms. The smallest absolute Gasteiger partial charge is 0.293 e. The molecule has 1 atom stereocenters. The number of sulfonamides is 1. The quantitative estimate of drug-likeness (QED) is 0.0183. The maximum absolute atomic E-state index is 14.5. The first-order valence-corrected chi connectivity index (χ1v) is 31.2. The van der Waals surface area contributed by atoms with Crippen LogP contribution in [0.2, 0.25) is 5.02 Å². The van der Waals surface area contributed by atoms with E-state index in [0.717, 1.165) is 61.6 Å². The number of hydrogen-bond donors (Lipinski definition) is 5. The third kappa shape index (κ3) is 13.3. The van der Waals surface area contributed by atoms with Crippen molar-refractivity contribution >= 4 is 102 Å². The zero-order valence-electron chi connectivity index (χ0n) is 49.3. The predicted molar refractivity (Wildman–Crippen MR) is 333 cm³/mol. The van der Waals surface area contributed by atoms with Crippen LogP contribution in [0.1, 0.15) is 82.6 Å². The number of H-pyrrole nitrogens is 1. The number of nitro benzene ring substituents is 1. The number of rotatable bonds is 24. The molecule has 25 nitrogen and oxygen atoms in total. The molecule has 466 valence electrons. The number of piperidine rings is 1. The third-order valence-electron chi connectivity index (χ3n) is 16.6. The minimum absolute atomic E-state index is 0.0137. The minimum atomic E-state index is -4.74. The normalized spacial score (nSPS) is 17.2. The van der Waals surface area contributed by atoms with Gasteiger partial charge in [-0.3, -0.25) is 54.0 Å². The topological polar surface area (TPSA) is 304 Å². The number of piperazine rings is 1. The molecule has 2 saturated heterocycles. The Morgan fingerprint density at radius 3 is 2.25 bits per heavy atom. The van der Waals surface area contributed by atoms with Crippen molar-refractivity contribution < 1.29 is 51.5 Å². The van der Waals surface area contributed by atoms with Gasteiger partial charge < -0.3 is 34.7 Å². The summed E-state index contributed by atoms with van der Waals surface area (Å²) in [4.78, 5) is 103. The van der Waals surface area contributed by atoms with Crippen LogP contribution in [0.4, 0.5) is 22.7 Å². The van der Waals surface area contributed by atoms with Crippen LogP contribution in [0, 0.1) is 15.5 Å². The van der Waals surface area contributed by atoms with Crippen molar-refractivity contribution in [3.63, 3.8) is 0 Å². The van der Waals surface area contributed by atoms with Gasteiger partial charge in [-0.1, -0.05) is 49.2 Å². The summed E-state index contributed by atoms with van der Waals surface area (Å²) >= 11 is 6.28. The Hall–Kier alpha value is -8.79. The highest BCUT2D eigenvalue weighted by molar-refractivity contribution is 7.90. The van der Waals surface area contributed by atoms with Gasteiger partial charge in [0, 0.05) is 93.3 Å². The van der Waals surface area contributed by atoms with Crippen LogP contribution < -0.4 is 31.1 Å². The molecular formula is C62H67ClN12O13S. The number of benzene rings is 4. The zero-order chi connectivity index (χ0) is 62.7. The number of carbonyl (C=O) groups excluding carboxylic acids is 5. The lowest BCUT2D eigenvalue weighted by molar-refractivity contribution is -0.384. The first-order valence-electron chi connectivity index (χ1n) is 29.3. The summed E-state index contributed by atoms with van der Waals surface area (Å²) in [5.74, 6) is -3.40. The molecule has 27 heteroatoms. The number of aromatic amines is 1. The first kappa shape index (κ1) is 61.8. The molecule has 6 heterocycles.